The lowest BCUT2D eigenvalue weighted by Gasteiger charge is -2.19. The van der Waals surface area contributed by atoms with Gasteiger partial charge in [-0.3, -0.25) is 0 Å². The molecule has 1 unspecified atom stereocenters. The van der Waals surface area contributed by atoms with E-state index in [1.807, 2.05) is 13.8 Å². The average Bonchev–Trinajstić information content (AvgIpc) is 2.38. The van der Waals surface area contributed by atoms with Crippen molar-refractivity contribution >= 4 is 33.5 Å². The van der Waals surface area contributed by atoms with Gasteiger partial charge in [-0.05, 0) is 28.3 Å². The van der Waals surface area contributed by atoms with E-state index in [0.29, 0.717) is 28.4 Å². The number of hydrogen-bond donors (Lipinski definition) is 3. The molecule has 0 saturated heterocycles. The van der Waals surface area contributed by atoms with Crippen molar-refractivity contribution in [2.24, 2.45) is 11.8 Å². The van der Waals surface area contributed by atoms with Gasteiger partial charge in [0.1, 0.15) is 22.7 Å². The van der Waals surface area contributed by atoms with Gasteiger partial charge in [-0.2, -0.15) is 0 Å². The quantitative estimate of drug-likeness (QED) is 0.412. The molecule has 1 heterocycles. The highest BCUT2D eigenvalue weighted by Gasteiger charge is 2.22. The Labute approximate surface area is 120 Å². The third-order valence-electron chi connectivity index (χ3n) is 2.43. The van der Waals surface area contributed by atoms with Gasteiger partial charge in [0, 0.05) is 0 Å². The van der Waals surface area contributed by atoms with Crippen LogP contribution in [0.3, 0.4) is 0 Å². The monoisotopic (exact) mass is 331 g/mol. The maximum Gasteiger partial charge on any atom is 0.328 e. The van der Waals surface area contributed by atoms with Crippen LogP contribution >= 0.6 is 15.9 Å². The molecule has 1 aromatic rings. The summed E-state index contributed by atoms with van der Waals surface area (Å²) in [6.07, 6.45) is 1.99. The first-order valence-corrected chi connectivity index (χ1v) is 6.60. The number of anilines is 2. The van der Waals surface area contributed by atoms with Crippen LogP contribution in [0.2, 0.25) is 0 Å². The molecule has 106 valence electrons. The van der Waals surface area contributed by atoms with Gasteiger partial charge in [0.25, 0.3) is 0 Å². The summed E-state index contributed by atoms with van der Waals surface area (Å²) in [7, 11) is 1.36. The second kappa shape index (κ2) is 7.25. The number of aromatic nitrogens is 2. The predicted molar refractivity (Wildman–Crippen MR) is 76.4 cm³/mol. The minimum atomic E-state index is -0.471. The molecule has 0 aliphatic heterocycles. The number of methoxy groups -OCH3 is 1. The fraction of sp³-hybridized carbons (Fsp3) is 0.545. The molecule has 1 atom stereocenters. The van der Waals surface area contributed by atoms with Gasteiger partial charge in [-0.1, -0.05) is 13.8 Å². The molecule has 0 bridgehead atoms. The minimum Gasteiger partial charge on any atom is -0.467 e. The van der Waals surface area contributed by atoms with Crippen LogP contribution in [0.1, 0.15) is 20.3 Å². The number of hydrogen-bond acceptors (Lipinski definition) is 7. The number of esters is 1. The van der Waals surface area contributed by atoms with E-state index < -0.39 is 6.04 Å². The first kappa shape index (κ1) is 15.6. The maximum absolute atomic E-state index is 11.7. The zero-order valence-corrected chi connectivity index (χ0v) is 12.7. The van der Waals surface area contributed by atoms with Crippen LogP contribution < -0.4 is 16.6 Å². The third-order valence-corrected chi connectivity index (χ3v) is 3.18. The molecule has 1 aromatic heterocycles. The van der Waals surface area contributed by atoms with Crippen molar-refractivity contribution in [2.75, 3.05) is 17.9 Å². The Kier molecular flexibility index (Phi) is 5.97. The van der Waals surface area contributed by atoms with Crippen LogP contribution in [-0.2, 0) is 9.53 Å². The van der Waals surface area contributed by atoms with Gasteiger partial charge in [-0.15, -0.1) is 0 Å². The summed E-state index contributed by atoms with van der Waals surface area (Å²) in [6.45, 7) is 4.05. The van der Waals surface area contributed by atoms with E-state index in [0.717, 1.165) is 0 Å². The summed E-state index contributed by atoms with van der Waals surface area (Å²) in [4.78, 5) is 19.8. The van der Waals surface area contributed by atoms with Crippen molar-refractivity contribution in [3.63, 3.8) is 0 Å². The van der Waals surface area contributed by atoms with E-state index in [9.17, 15) is 4.79 Å². The highest BCUT2D eigenvalue weighted by Crippen LogP contribution is 2.27. The molecule has 4 N–H and O–H groups in total. The molecule has 0 aromatic carbocycles. The summed E-state index contributed by atoms with van der Waals surface area (Å²) < 4.78 is 5.35. The van der Waals surface area contributed by atoms with Crippen molar-refractivity contribution in [3.05, 3.63) is 10.8 Å². The third kappa shape index (κ3) is 4.32. The summed E-state index contributed by atoms with van der Waals surface area (Å²) in [5.74, 6) is 6.25. The van der Waals surface area contributed by atoms with E-state index in [-0.39, 0.29) is 5.97 Å². The fourth-order valence-corrected chi connectivity index (χ4v) is 2.00. The smallest absolute Gasteiger partial charge is 0.328 e. The Morgan fingerprint density at radius 1 is 1.47 bits per heavy atom. The Morgan fingerprint density at radius 3 is 2.63 bits per heavy atom. The van der Waals surface area contributed by atoms with Crippen LogP contribution in [0.5, 0.6) is 0 Å². The first-order valence-electron chi connectivity index (χ1n) is 5.81. The van der Waals surface area contributed by atoms with E-state index in [4.69, 9.17) is 10.6 Å². The largest absolute Gasteiger partial charge is 0.467 e. The van der Waals surface area contributed by atoms with Gasteiger partial charge in [0.15, 0.2) is 5.82 Å². The zero-order valence-electron chi connectivity index (χ0n) is 11.1. The number of hydrazine groups is 1. The van der Waals surface area contributed by atoms with E-state index in [1.54, 1.807) is 0 Å². The number of ether oxygens (including phenoxy) is 1. The lowest BCUT2D eigenvalue weighted by Crippen LogP contribution is -2.32. The second-order valence-corrected chi connectivity index (χ2v) is 5.17. The number of nitrogen functional groups attached to an aromatic ring is 1. The molecule has 0 aliphatic rings. The number of carbonyl (C=O) groups excluding carboxylic acids is 1. The molecular formula is C11H18BrN5O2. The van der Waals surface area contributed by atoms with Gasteiger partial charge in [-0.25, -0.2) is 20.6 Å². The summed E-state index contributed by atoms with van der Waals surface area (Å²) in [5, 5.41) is 3.04. The van der Waals surface area contributed by atoms with E-state index in [1.165, 1.54) is 13.4 Å². The van der Waals surface area contributed by atoms with E-state index in [2.05, 4.69) is 36.6 Å². The van der Waals surface area contributed by atoms with Crippen molar-refractivity contribution in [2.45, 2.75) is 26.3 Å². The zero-order chi connectivity index (χ0) is 14.4. The van der Waals surface area contributed by atoms with Crippen LogP contribution in [-0.4, -0.2) is 29.1 Å². The van der Waals surface area contributed by atoms with E-state index >= 15 is 0 Å². The Bertz CT molecular complexity index is 441. The van der Waals surface area contributed by atoms with Crippen LogP contribution in [0, 0.1) is 5.92 Å². The number of nitrogens with two attached hydrogens (primary N) is 1. The van der Waals surface area contributed by atoms with Gasteiger partial charge >= 0.3 is 5.97 Å². The molecule has 0 spiro atoms. The lowest BCUT2D eigenvalue weighted by molar-refractivity contribution is -0.141. The lowest BCUT2D eigenvalue weighted by atomic mass is 10.0. The topological polar surface area (TPSA) is 102 Å². The maximum atomic E-state index is 11.7. The predicted octanol–water partition coefficient (Wildman–Crippen LogP) is 1.52. The van der Waals surface area contributed by atoms with Crippen molar-refractivity contribution in [3.8, 4) is 0 Å². The Morgan fingerprint density at radius 2 is 2.11 bits per heavy atom. The number of nitrogens with zero attached hydrogens (tertiary/aromatic N) is 2. The molecule has 0 fully saturated rings. The summed E-state index contributed by atoms with van der Waals surface area (Å²) in [5.41, 5.74) is 2.44. The molecule has 0 saturated carbocycles. The van der Waals surface area contributed by atoms with Gasteiger partial charge in [0.2, 0.25) is 0 Å². The molecule has 0 aliphatic carbocycles. The fourth-order valence-electron chi connectivity index (χ4n) is 1.56. The molecule has 0 amide bonds. The van der Waals surface area contributed by atoms with Crippen LogP contribution in [0.15, 0.2) is 10.8 Å². The minimum absolute atomic E-state index is 0.332. The number of halogens is 1. The molecular weight excluding hydrogens is 314 g/mol. The molecule has 0 radical (unpaired) electrons. The standard InChI is InChI=1S/C11H18BrN5O2/c1-6(2)4-7(11(18)19-3)16-9-8(12)10(17-13)15-5-14-9/h5-7H,4,13H2,1-3H3,(H2,14,15,16,17). The van der Waals surface area contributed by atoms with Crippen molar-refractivity contribution < 1.29 is 9.53 Å². The first-order chi connectivity index (χ1) is 8.99. The molecule has 19 heavy (non-hydrogen) atoms. The Balaban J connectivity index is 2.93. The average molecular weight is 332 g/mol. The number of carbonyl (C=O) groups is 1. The molecule has 1 rings (SSSR count). The molecule has 8 heteroatoms. The van der Waals surface area contributed by atoms with Crippen LogP contribution in [0.25, 0.3) is 0 Å². The van der Waals surface area contributed by atoms with Crippen LogP contribution in [0.4, 0.5) is 11.6 Å². The highest BCUT2D eigenvalue weighted by molar-refractivity contribution is 9.10. The number of rotatable bonds is 6. The highest BCUT2D eigenvalue weighted by atomic mass is 79.9. The SMILES string of the molecule is COC(=O)C(CC(C)C)Nc1ncnc(NN)c1Br. The molecule has 7 nitrogen and oxygen atoms in total. The summed E-state index contributed by atoms with van der Waals surface area (Å²) in [6, 6.07) is -0.471. The van der Waals surface area contributed by atoms with Gasteiger partial charge < -0.3 is 15.5 Å². The Hall–Kier alpha value is -1.41. The normalized spacial score (nSPS) is 12.1. The second-order valence-electron chi connectivity index (χ2n) is 4.38. The van der Waals surface area contributed by atoms with Crippen molar-refractivity contribution in [1.29, 1.82) is 0 Å². The number of nitrogens with one attached hydrogen (secondary N) is 2. The van der Waals surface area contributed by atoms with Gasteiger partial charge in [0.05, 0.1) is 7.11 Å². The summed E-state index contributed by atoms with van der Waals surface area (Å²) >= 11 is 3.33. The van der Waals surface area contributed by atoms with Crippen molar-refractivity contribution in [1.82, 2.24) is 9.97 Å².